The summed E-state index contributed by atoms with van der Waals surface area (Å²) in [7, 11) is 9.36. The summed E-state index contributed by atoms with van der Waals surface area (Å²) in [4.78, 5) is 26.5. The van der Waals surface area contributed by atoms with Crippen molar-refractivity contribution >= 4 is 30.2 Å². The van der Waals surface area contributed by atoms with Gasteiger partial charge in [0.15, 0.2) is 5.71 Å². The maximum atomic E-state index is 12.4. The molecule has 0 heterocycles. The fourth-order valence-electron chi connectivity index (χ4n) is 2.55. The number of nitrogens with zero attached hydrogens (tertiary/aromatic N) is 2. The predicted molar refractivity (Wildman–Crippen MR) is 148 cm³/mol. The summed E-state index contributed by atoms with van der Waals surface area (Å²) in [6.07, 6.45) is 13.6. The van der Waals surface area contributed by atoms with Crippen molar-refractivity contribution in [2.45, 2.75) is 13.8 Å². The molecule has 0 fully saturated rings. The third kappa shape index (κ3) is 12.8. The normalized spacial score (nSPS) is 13.8. The highest BCUT2D eigenvalue weighted by Gasteiger charge is 2.13. The molecule has 7 nitrogen and oxygen atoms in total. The van der Waals surface area contributed by atoms with Crippen LogP contribution in [0.1, 0.15) is 13.8 Å². The summed E-state index contributed by atoms with van der Waals surface area (Å²) in [5.74, 6) is -0.515. The van der Waals surface area contributed by atoms with Crippen LogP contribution >= 0.6 is 12.6 Å². The van der Waals surface area contributed by atoms with Crippen LogP contribution in [0.15, 0.2) is 83.2 Å². The quantitative estimate of drug-likeness (QED) is 0.0847. The van der Waals surface area contributed by atoms with Gasteiger partial charge in [-0.25, -0.2) is 9.37 Å². The lowest BCUT2D eigenvalue weighted by molar-refractivity contribution is -0.464. The summed E-state index contributed by atoms with van der Waals surface area (Å²) in [6.45, 7) is 8.49. The van der Waals surface area contributed by atoms with Gasteiger partial charge in [0, 0.05) is 43.0 Å². The zero-order valence-electron chi connectivity index (χ0n) is 22.0. The molecule has 35 heavy (non-hydrogen) atoms. The highest BCUT2D eigenvalue weighted by molar-refractivity contribution is 7.80. The van der Waals surface area contributed by atoms with Gasteiger partial charge in [0.1, 0.15) is 19.9 Å². The Morgan fingerprint density at radius 3 is 2.23 bits per heavy atom. The number of carbonyl (C=O) groups excluding carboxylic acids is 1. The number of aliphatic carboxylic acids is 1. The summed E-state index contributed by atoms with van der Waals surface area (Å²) >= 11 is 4.08. The van der Waals surface area contributed by atoms with Gasteiger partial charge in [-0.2, -0.15) is 12.6 Å². The molecule has 2 N–H and O–H groups in total. The minimum atomic E-state index is -1.18. The van der Waals surface area contributed by atoms with Crippen LogP contribution in [-0.4, -0.2) is 86.3 Å². The van der Waals surface area contributed by atoms with E-state index >= 15 is 0 Å². The standard InChI is InChI=1S/C27H39N3O4S/c1-9-22(26(31)28-15-17-35)18-24(27(32)33)19-23(13-10-12-20(2)30(6)7)25(21(3)34-8)14-11-16-29(4)5/h9-14,18-19H,1,15-17H2,2-8H3,(H2-,28,31,32,33,35)/p+1/b12-10-,14-11-,22-18+,23-13+,24-19+,25-21-. The SMILES string of the molecule is C=C/C(=C\C(=C/C(=C\C=C/C(C)=[N+](C)C)C(/C=C\CN(C)C)=C(/C)OC)C(=O)O)C(=O)NCCS. The Kier molecular flexibility index (Phi) is 15.8. The molecule has 0 unspecified atom stereocenters. The Hall–Kier alpha value is -3.10. The number of carbonyl (C=O) groups is 2. The van der Waals surface area contributed by atoms with Crippen LogP contribution in [-0.2, 0) is 14.3 Å². The molecule has 0 aromatic carbocycles. The molecule has 0 aromatic rings. The molecule has 0 spiro atoms. The molecule has 0 aliphatic carbocycles. The summed E-state index contributed by atoms with van der Waals surface area (Å²) < 4.78 is 7.47. The maximum Gasteiger partial charge on any atom is 0.335 e. The first kappa shape index (κ1) is 31.9. The number of methoxy groups -OCH3 is 1. The molecular formula is C27H40N3O4S+. The van der Waals surface area contributed by atoms with E-state index in [-0.39, 0.29) is 11.1 Å². The van der Waals surface area contributed by atoms with Gasteiger partial charge in [-0.15, -0.1) is 0 Å². The highest BCUT2D eigenvalue weighted by Crippen LogP contribution is 2.22. The van der Waals surface area contributed by atoms with E-state index in [0.717, 1.165) is 5.71 Å². The first-order valence-electron chi connectivity index (χ1n) is 11.1. The fraction of sp³-hybridized carbons (Fsp3) is 0.370. The largest absolute Gasteiger partial charge is 0.501 e. The van der Waals surface area contributed by atoms with Gasteiger partial charge < -0.3 is 20.1 Å². The topological polar surface area (TPSA) is 81.9 Å². The number of hydrogen-bond donors (Lipinski definition) is 3. The predicted octanol–water partition coefficient (Wildman–Crippen LogP) is 3.41. The van der Waals surface area contributed by atoms with E-state index in [0.29, 0.717) is 35.7 Å². The van der Waals surface area contributed by atoms with E-state index in [1.165, 1.54) is 18.2 Å². The Bertz CT molecular complexity index is 976. The third-order valence-electron chi connectivity index (χ3n) is 4.82. The molecule has 0 bridgehead atoms. The number of hydrogen-bond acceptors (Lipinski definition) is 5. The minimum Gasteiger partial charge on any atom is -0.501 e. The molecule has 0 aliphatic heterocycles. The van der Waals surface area contributed by atoms with Gasteiger partial charge >= 0.3 is 5.97 Å². The average Bonchev–Trinajstić information content (AvgIpc) is 2.80. The van der Waals surface area contributed by atoms with Gasteiger partial charge in [-0.3, -0.25) is 4.79 Å². The molecule has 0 rings (SSSR count). The monoisotopic (exact) mass is 502 g/mol. The number of amides is 1. The van der Waals surface area contributed by atoms with E-state index in [1.54, 1.807) is 7.11 Å². The zero-order valence-corrected chi connectivity index (χ0v) is 22.9. The third-order valence-corrected chi connectivity index (χ3v) is 5.04. The van der Waals surface area contributed by atoms with Gasteiger partial charge in [-0.1, -0.05) is 37.0 Å². The van der Waals surface area contributed by atoms with Crippen molar-refractivity contribution in [2.24, 2.45) is 0 Å². The van der Waals surface area contributed by atoms with Crippen LogP contribution < -0.4 is 5.32 Å². The summed E-state index contributed by atoms with van der Waals surface area (Å²) in [6, 6.07) is 0. The first-order chi connectivity index (χ1) is 16.5. The van der Waals surface area contributed by atoms with Gasteiger partial charge in [0.2, 0.25) is 0 Å². The number of carboxylic acids is 1. The Morgan fingerprint density at radius 1 is 1.11 bits per heavy atom. The molecule has 192 valence electrons. The number of carboxylic acid groups (broad SMARTS) is 1. The van der Waals surface area contributed by atoms with Crippen LogP contribution in [0.25, 0.3) is 0 Å². The smallest absolute Gasteiger partial charge is 0.335 e. The number of allylic oxidation sites excluding steroid dienone is 8. The first-order valence-corrected chi connectivity index (χ1v) is 11.8. The Balaban J connectivity index is 6.90. The van der Waals surface area contributed by atoms with Crippen molar-refractivity contribution in [1.82, 2.24) is 10.2 Å². The van der Waals surface area contributed by atoms with Crippen molar-refractivity contribution in [3.63, 3.8) is 0 Å². The molecule has 0 atom stereocenters. The molecular weight excluding hydrogens is 462 g/mol. The van der Waals surface area contributed by atoms with Crippen molar-refractivity contribution < 1.29 is 24.0 Å². The minimum absolute atomic E-state index is 0.0729. The Morgan fingerprint density at radius 2 is 1.74 bits per heavy atom. The highest BCUT2D eigenvalue weighted by atomic mass is 32.1. The fourth-order valence-corrected chi connectivity index (χ4v) is 2.66. The molecule has 0 saturated heterocycles. The van der Waals surface area contributed by atoms with Gasteiger partial charge in [-0.05, 0) is 38.7 Å². The van der Waals surface area contributed by atoms with Crippen LogP contribution in [0.5, 0.6) is 0 Å². The lowest BCUT2D eigenvalue weighted by Crippen LogP contribution is -2.26. The van der Waals surface area contributed by atoms with Crippen molar-refractivity contribution in [3.05, 3.63) is 83.2 Å². The number of ether oxygens (including phenoxy) is 1. The number of likely N-dealkylation sites (N-methyl/N-ethyl adjacent to an activating group) is 1. The van der Waals surface area contributed by atoms with E-state index < -0.39 is 11.9 Å². The molecule has 0 aliphatic rings. The molecule has 0 aromatic heterocycles. The average molecular weight is 503 g/mol. The molecule has 0 radical (unpaired) electrons. The lowest BCUT2D eigenvalue weighted by Gasteiger charge is -2.11. The number of thiol groups is 1. The van der Waals surface area contributed by atoms with E-state index in [1.807, 2.05) is 81.9 Å². The lowest BCUT2D eigenvalue weighted by atomic mass is 9.99. The van der Waals surface area contributed by atoms with Crippen molar-refractivity contribution in [1.29, 1.82) is 0 Å². The molecule has 0 saturated carbocycles. The molecule has 1 amide bonds. The second kappa shape index (κ2) is 17.4. The van der Waals surface area contributed by atoms with Crippen molar-refractivity contribution in [3.8, 4) is 0 Å². The van der Waals surface area contributed by atoms with E-state index in [4.69, 9.17) is 4.74 Å². The Labute approximate surface area is 215 Å². The second-order valence-electron chi connectivity index (χ2n) is 8.04. The summed E-state index contributed by atoms with van der Waals surface area (Å²) in [5, 5.41) is 12.6. The van der Waals surface area contributed by atoms with E-state index in [2.05, 4.69) is 24.5 Å². The van der Waals surface area contributed by atoms with Crippen molar-refractivity contribution in [2.75, 3.05) is 54.1 Å². The van der Waals surface area contributed by atoms with Gasteiger partial charge in [0.05, 0.1) is 12.7 Å². The van der Waals surface area contributed by atoms with Crippen LogP contribution in [0.3, 0.4) is 0 Å². The van der Waals surface area contributed by atoms with Gasteiger partial charge in [0.25, 0.3) is 5.91 Å². The molecule has 8 heteroatoms. The maximum absolute atomic E-state index is 12.4. The number of nitrogens with one attached hydrogen (secondary N) is 1. The van der Waals surface area contributed by atoms with Crippen LogP contribution in [0, 0.1) is 0 Å². The van der Waals surface area contributed by atoms with Crippen LogP contribution in [0.4, 0.5) is 0 Å². The van der Waals surface area contributed by atoms with E-state index in [9.17, 15) is 14.7 Å². The number of rotatable bonds is 14. The second-order valence-corrected chi connectivity index (χ2v) is 8.49. The van der Waals surface area contributed by atoms with Crippen LogP contribution in [0.2, 0.25) is 0 Å². The summed E-state index contributed by atoms with van der Waals surface area (Å²) in [5.41, 5.74) is 2.42. The zero-order chi connectivity index (χ0) is 27.0.